The second-order valence-corrected chi connectivity index (χ2v) is 6.56. The van der Waals surface area contributed by atoms with Gasteiger partial charge in [-0.25, -0.2) is 0 Å². The van der Waals surface area contributed by atoms with Gasteiger partial charge in [-0.1, -0.05) is 23.2 Å². The van der Waals surface area contributed by atoms with Crippen LogP contribution in [0.15, 0.2) is 6.07 Å². The van der Waals surface area contributed by atoms with Gasteiger partial charge in [0.25, 0.3) is 0 Å². The average Bonchev–Trinajstić information content (AvgIpc) is 2.70. The minimum absolute atomic E-state index is 0.0979. The van der Waals surface area contributed by atoms with Crippen LogP contribution >= 0.6 is 34.5 Å². The number of nitrogens with zero attached hydrogens (tertiary/aromatic N) is 1. The number of thiophene rings is 1. The maximum absolute atomic E-state index is 11.8. The SMILES string of the molecule is CCN(CC)C(=O)CCNC(C)c1cc(Cl)sc1Cl. The molecule has 1 N–H and O–H groups in total. The Balaban J connectivity index is 2.41. The maximum Gasteiger partial charge on any atom is 0.223 e. The number of amides is 1. The highest BCUT2D eigenvalue weighted by Gasteiger charge is 2.14. The number of hydrogen-bond acceptors (Lipinski definition) is 3. The number of carbonyl (C=O) groups excluding carboxylic acids is 1. The van der Waals surface area contributed by atoms with Crippen LogP contribution in [0, 0.1) is 0 Å². The Morgan fingerprint density at radius 2 is 2.05 bits per heavy atom. The van der Waals surface area contributed by atoms with Crippen LogP contribution in [0.2, 0.25) is 8.67 Å². The first-order valence-corrected chi connectivity index (χ1v) is 8.02. The summed E-state index contributed by atoms with van der Waals surface area (Å²) in [5.74, 6) is 0.180. The van der Waals surface area contributed by atoms with Crippen LogP contribution in [0.3, 0.4) is 0 Å². The van der Waals surface area contributed by atoms with Gasteiger partial charge in [0, 0.05) is 32.1 Å². The number of hydrogen-bond donors (Lipinski definition) is 1. The van der Waals surface area contributed by atoms with Crippen LogP contribution < -0.4 is 5.32 Å². The normalized spacial score (nSPS) is 12.5. The Morgan fingerprint density at radius 1 is 1.42 bits per heavy atom. The first-order chi connectivity index (χ1) is 8.99. The summed E-state index contributed by atoms with van der Waals surface area (Å²) in [7, 11) is 0. The van der Waals surface area contributed by atoms with Crippen molar-refractivity contribution in [3.8, 4) is 0 Å². The molecule has 0 radical (unpaired) electrons. The Labute approximate surface area is 128 Å². The standard InChI is InChI=1S/C13H20Cl2N2OS/c1-4-17(5-2)12(18)6-7-16-9(3)10-8-11(14)19-13(10)15/h8-9,16H,4-7H2,1-3H3. The van der Waals surface area contributed by atoms with E-state index in [-0.39, 0.29) is 11.9 Å². The molecule has 0 saturated carbocycles. The van der Waals surface area contributed by atoms with E-state index in [2.05, 4.69) is 5.32 Å². The molecule has 108 valence electrons. The van der Waals surface area contributed by atoms with E-state index < -0.39 is 0 Å². The summed E-state index contributed by atoms with van der Waals surface area (Å²) in [5.41, 5.74) is 0.993. The third kappa shape index (κ3) is 4.95. The zero-order valence-corrected chi connectivity index (χ0v) is 13.8. The first kappa shape index (κ1) is 16.8. The highest BCUT2D eigenvalue weighted by atomic mass is 35.5. The van der Waals surface area contributed by atoms with E-state index in [0.717, 1.165) is 18.7 Å². The van der Waals surface area contributed by atoms with Gasteiger partial charge in [0.2, 0.25) is 5.91 Å². The van der Waals surface area contributed by atoms with E-state index in [4.69, 9.17) is 23.2 Å². The number of halogens is 2. The molecular formula is C13H20Cl2N2OS. The van der Waals surface area contributed by atoms with Crippen LogP contribution in [0.25, 0.3) is 0 Å². The van der Waals surface area contributed by atoms with Crippen molar-refractivity contribution in [1.29, 1.82) is 0 Å². The molecule has 1 aromatic heterocycles. The lowest BCUT2D eigenvalue weighted by molar-refractivity contribution is -0.130. The van der Waals surface area contributed by atoms with Crippen LogP contribution in [0.5, 0.6) is 0 Å². The van der Waals surface area contributed by atoms with Gasteiger partial charge in [-0.05, 0) is 32.4 Å². The molecule has 0 fully saturated rings. The molecule has 0 aliphatic heterocycles. The predicted octanol–water partition coefficient (Wildman–Crippen LogP) is 3.96. The third-order valence-electron chi connectivity index (χ3n) is 3.06. The average molecular weight is 323 g/mol. The van der Waals surface area contributed by atoms with Gasteiger partial charge in [-0.15, -0.1) is 11.3 Å². The molecule has 0 saturated heterocycles. The summed E-state index contributed by atoms with van der Waals surface area (Å²) in [6.45, 7) is 8.16. The zero-order chi connectivity index (χ0) is 14.4. The van der Waals surface area contributed by atoms with Gasteiger partial charge < -0.3 is 10.2 Å². The molecule has 0 spiro atoms. The topological polar surface area (TPSA) is 32.3 Å². The van der Waals surface area contributed by atoms with Crippen LogP contribution in [0.1, 0.15) is 38.8 Å². The van der Waals surface area contributed by atoms with Gasteiger partial charge in [-0.3, -0.25) is 4.79 Å². The number of nitrogens with one attached hydrogen (secondary N) is 1. The molecule has 0 aliphatic carbocycles. The summed E-state index contributed by atoms with van der Waals surface area (Å²) in [6, 6.07) is 1.97. The van der Waals surface area contributed by atoms with Crippen molar-refractivity contribution in [3.05, 3.63) is 20.3 Å². The Kier molecular flexibility index (Phi) is 7.15. The van der Waals surface area contributed by atoms with Crippen molar-refractivity contribution < 1.29 is 4.79 Å². The predicted molar refractivity (Wildman–Crippen MR) is 83.3 cm³/mol. The molecule has 6 heteroatoms. The largest absolute Gasteiger partial charge is 0.343 e. The summed E-state index contributed by atoms with van der Waals surface area (Å²) in [4.78, 5) is 13.7. The maximum atomic E-state index is 11.8. The van der Waals surface area contributed by atoms with E-state index in [0.29, 0.717) is 21.6 Å². The summed E-state index contributed by atoms with van der Waals surface area (Å²) >= 11 is 13.4. The summed E-state index contributed by atoms with van der Waals surface area (Å²) in [5, 5.41) is 3.30. The van der Waals surface area contributed by atoms with E-state index in [1.807, 2.05) is 31.7 Å². The van der Waals surface area contributed by atoms with Crippen molar-refractivity contribution >= 4 is 40.4 Å². The molecule has 0 aliphatic rings. The van der Waals surface area contributed by atoms with Crippen LogP contribution in [0.4, 0.5) is 0 Å². The van der Waals surface area contributed by atoms with Gasteiger partial charge in [0.15, 0.2) is 0 Å². The fraction of sp³-hybridized carbons (Fsp3) is 0.615. The summed E-state index contributed by atoms with van der Waals surface area (Å²) in [6.07, 6.45) is 0.501. The lowest BCUT2D eigenvalue weighted by atomic mass is 10.2. The van der Waals surface area contributed by atoms with Crippen molar-refractivity contribution in [2.75, 3.05) is 19.6 Å². The number of rotatable bonds is 7. The van der Waals surface area contributed by atoms with Crippen molar-refractivity contribution in [2.24, 2.45) is 0 Å². The van der Waals surface area contributed by atoms with Crippen molar-refractivity contribution in [3.63, 3.8) is 0 Å². The van der Waals surface area contributed by atoms with Crippen LogP contribution in [-0.4, -0.2) is 30.4 Å². The van der Waals surface area contributed by atoms with E-state index in [1.165, 1.54) is 11.3 Å². The highest BCUT2D eigenvalue weighted by molar-refractivity contribution is 7.20. The zero-order valence-electron chi connectivity index (χ0n) is 11.5. The van der Waals surface area contributed by atoms with E-state index >= 15 is 0 Å². The molecule has 1 amide bonds. The molecule has 0 bridgehead atoms. The number of carbonyl (C=O) groups is 1. The molecule has 1 atom stereocenters. The molecule has 0 aromatic carbocycles. The van der Waals surface area contributed by atoms with Crippen molar-refractivity contribution in [2.45, 2.75) is 33.2 Å². The van der Waals surface area contributed by atoms with Gasteiger partial charge in [-0.2, -0.15) is 0 Å². The molecule has 3 nitrogen and oxygen atoms in total. The Bertz CT molecular complexity index is 419. The Hall–Kier alpha value is -0.290. The minimum atomic E-state index is 0.0979. The summed E-state index contributed by atoms with van der Waals surface area (Å²) < 4.78 is 1.40. The second kappa shape index (κ2) is 8.10. The molecule has 1 unspecified atom stereocenters. The van der Waals surface area contributed by atoms with Gasteiger partial charge >= 0.3 is 0 Å². The molecular weight excluding hydrogens is 303 g/mol. The Morgan fingerprint density at radius 3 is 2.53 bits per heavy atom. The molecule has 1 heterocycles. The van der Waals surface area contributed by atoms with Gasteiger partial charge in [0.1, 0.15) is 0 Å². The fourth-order valence-electron chi connectivity index (χ4n) is 1.89. The van der Waals surface area contributed by atoms with Crippen molar-refractivity contribution in [1.82, 2.24) is 10.2 Å². The smallest absolute Gasteiger partial charge is 0.223 e. The first-order valence-electron chi connectivity index (χ1n) is 6.45. The molecule has 1 aromatic rings. The monoisotopic (exact) mass is 322 g/mol. The third-order valence-corrected chi connectivity index (χ3v) is 4.57. The minimum Gasteiger partial charge on any atom is -0.343 e. The second-order valence-electron chi connectivity index (χ2n) is 4.27. The molecule has 19 heavy (non-hydrogen) atoms. The lowest BCUT2D eigenvalue weighted by Gasteiger charge is -2.19. The van der Waals surface area contributed by atoms with Crippen LogP contribution in [-0.2, 0) is 4.79 Å². The molecule has 1 rings (SSSR count). The van der Waals surface area contributed by atoms with E-state index in [1.54, 1.807) is 0 Å². The van der Waals surface area contributed by atoms with Gasteiger partial charge in [0.05, 0.1) is 8.67 Å². The quantitative estimate of drug-likeness (QED) is 0.823. The van der Waals surface area contributed by atoms with E-state index in [9.17, 15) is 4.79 Å². The lowest BCUT2D eigenvalue weighted by Crippen LogP contribution is -2.33. The highest BCUT2D eigenvalue weighted by Crippen LogP contribution is 2.34. The fourth-order valence-corrected chi connectivity index (χ4v) is 3.53.